The van der Waals surface area contributed by atoms with E-state index in [9.17, 15) is 29.8 Å². The van der Waals surface area contributed by atoms with Crippen LogP contribution in [-0.4, -0.2) is 79.2 Å². The molecule has 1 saturated heterocycles. The summed E-state index contributed by atoms with van der Waals surface area (Å²) in [5, 5.41) is 45.2. The lowest BCUT2D eigenvalue weighted by Gasteiger charge is -2.40. The minimum Gasteiger partial charge on any atom is -0.506 e. The molecule has 12 nitrogen and oxygen atoms in total. The van der Waals surface area contributed by atoms with E-state index in [-0.39, 0.29) is 29.6 Å². The predicted molar refractivity (Wildman–Crippen MR) is 104 cm³/mol. The number of phenols is 1. The van der Waals surface area contributed by atoms with Crippen molar-refractivity contribution in [1.29, 1.82) is 0 Å². The number of carbonyl (C=O) groups is 1. The van der Waals surface area contributed by atoms with Gasteiger partial charge in [0, 0.05) is 12.1 Å². The van der Waals surface area contributed by atoms with E-state index in [4.69, 9.17) is 19.3 Å². The Hall–Kier alpha value is -1.92. The van der Waals surface area contributed by atoms with Gasteiger partial charge in [0.15, 0.2) is 0 Å². The molecule has 0 unspecified atom stereocenters. The van der Waals surface area contributed by atoms with E-state index in [1.165, 1.54) is 12.1 Å². The molecule has 1 fully saturated rings. The molecule has 0 aliphatic carbocycles. The predicted octanol–water partition coefficient (Wildman–Crippen LogP) is -0.324. The molecular weight excluding hydrogens is 423 g/mol. The van der Waals surface area contributed by atoms with Crippen LogP contribution in [0.25, 0.3) is 0 Å². The minimum atomic E-state index is -4.36. The molecule has 1 heterocycles. The molecule has 0 bridgehead atoms. The summed E-state index contributed by atoms with van der Waals surface area (Å²) in [4.78, 5) is 29.7. The van der Waals surface area contributed by atoms with Gasteiger partial charge in [0.05, 0.1) is 18.0 Å². The summed E-state index contributed by atoms with van der Waals surface area (Å²) >= 11 is 0. The fourth-order valence-electron chi connectivity index (χ4n) is 2.79. The number of phenolic OH excluding ortho intramolecular Hbond substituents is 1. The molecule has 2 amide bonds. The number of aliphatic hydroxyl groups excluding tert-OH is 3. The summed E-state index contributed by atoms with van der Waals surface area (Å²) in [5.41, 5.74) is 0.0978. The van der Waals surface area contributed by atoms with Crippen molar-refractivity contribution in [1.82, 2.24) is 5.32 Å². The van der Waals surface area contributed by atoms with Crippen molar-refractivity contribution in [2.45, 2.75) is 57.0 Å². The number of urea groups is 1. The van der Waals surface area contributed by atoms with E-state index in [0.29, 0.717) is 0 Å². The molecule has 13 heteroatoms. The lowest BCUT2D eigenvalue weighted by Crippen LogP contribution is -2.59. The molecule has 1 aliphatic rings. The first-order chi connectivity index (χ1) is 13.9. The van der Waals surface area contributed by atoms with Crippen LogP contribution in [0.4, 0.5) is 10.5 Å². The molecule has 0 aromatic heterocycles. The van der Waals surface area contributed by atoms with Crippen molar-refractivity contribution in [2.24, 2.45) is 0 Å². The number of amides is 2. The molecule has 0 saturated carbocycles. The van der Waals surface area contributed by atoms with Crippen LogP contribution in [-0.2, 0) is 9.30 Å². The number of hydrogen-bond acceptors (Lipinski definition) is 8. The largest absolute Gasteiger partial charge is 0.506 e. The van der Waals surface area contributed by atoms with Crippen molar-refractivity contribution in [3.63, 3.8) is 0 Å². The zero-order valence-electron chi connectivity index (χ0n) is 16.4. The van der Waals surface area contributed by atoms with Crippen molar-refractivity contribution < 1.29 is 49.0 Å². The summed E-state index contributed by atoms with van der Waals surface area (Å²) < 4.78 is 21.9. The Labute approximate surface area is 172 Å². The van der Waals surface area contributed by atoms with E-state index < -0.39 is 50.5 Å². The Morgan fingerprint density at radius 3 is 2.43 bits per heavy atom. The van der Waals surface area contributed by atoms with Crippen molar-refractivity contribution >= 4 is 19.3 Å². The van der Waals surface area contributed by atoms with Gasteiger partial charge in [-0.25, -0.2) is 4.79 Å². The zero-order chi connectivity index (χ0) is 22.6. The highest BCUT2D eigenvalue weighted by Crippen LogP contribution is 2.37. The summed E-state index contributed by atoms with van der Waals surface area (Å²) in [6, 6.07) is 3.22. The number of anilines is 1. The quantitative estimate of drug-likeness (QED) is 0.201. The van der Waals surface area contributed by atoms with Gasteiger partial charge in [-0.1, -0.05) is 0 Å². The SMILES string of the molecule is CC(C)NC(=O)Nc1ccc(O[C@H]2O[C@H](CCP(=O)(O)O)[C@@H](O)[C@H](O)[C@@H]2O)cc1O. The monoisotopic (exact) mass is 450 g/mol. The van der Waals surface area contributed by atoms with Crippen LogP contribution >= 0.6 is 7.60 Å². The van der Waals surface area contributed by atoms with E-state index in [1.54, 1.807) is 13.8 Å². The Morgan fingerprint density at radius 1 is 1.20 bits per heavy atom. The molecule has 0 radical (unpaired) electrons. The maximum absolute atomic E-state index is 11.7. The number of rotatable bonds is 7. The molecule has 0 spiro atoms. The highest BCUT2D eigenvalue weighted by atomic mass is 31.2. The molecule has 5 atom stereocenters. The number of aromatic hydroxyl groups is 1. The molecular formula is C17H27N2O10P. The minimum absolute atomic E-state index is 0.0173. The van der Waals surface area contributed by atoms with Gasteiger partial charge in [0.2, 0.25) is 6.29 Å². The van der Waals surface area contributed by atoms with Crippen molar-refractivity contribution in [3.8, 4) is 11.5 Å². The third-order valence-corrected chi connectivity index (χ3v) is 5.10. The summed E-state index contributed by atoms with van der Waals surface area (Å²) in [6.07, 6.45) is -8.48. The van der Waals surface area contributed by atoms with Crippen molar-refractivity contribution in [2.75, 3.05) is 11.5 Å². The maximum Gasteiger partial charge on any atom is 0.325 e. The topological polar surface area (TPSA) is 198 Å². The van der Waals surface area contributed by atoms with Crippen LogP contribution in [0.1, 0.15) is 20.3 Å². The third kappa shape index (κ3) is 6.81. The molecule has 1 aromatic carbocycles. The Morgan fingerprint density at radius 2 is 1.87 bits per heavy atom. The van der Waals surface area contributed by atoms with Crippen LogP contribution < -0.4 is 15.4 Å². The first kappa shape index (κ1) is 24.4. The molecule has 8 N–H and O–H groups in total. The lowest BCUT2D eigenvalue weighted by molar-refractivity contribution is -0.272. The number of carbonyl (C=O) groups excluding carboxylic acids is 1. The fourth-order valence-corrected chi connectivity index (χ4v) is 3.38. The second-order valence-corrected chi connectivity index (χ2v) is 9.02. The third-order valence-electron chi connectivity index (χ3n) is 4.26. The zero-order valence-corrected chi connectivity index (χ0v) is 17.3. The summed E-state index contributed by atoms with van der Waals surface area (Å²) in [6.45, 7) is 3.54. The van der Waals surface area contributed by atoms with Crippen LogP contribution in [0.5, 0.6) is 11.5 Å². The Balaban J connectivity index is 2.07. The van der Waals surface area contributed by atoms with Gasteiger partial charge in [0.1, 0.15) is 29.8 Å². The van der Waals surface area contributed by atoms with E-state index in [2.05, 4.69) is 10.6 Å². The van der Waals surface area contributed by atoms with E-state index in [0.717, 1.165) is 6.07 Å². The second kappa shape index (κ2) is 9.92. The van der Waals surface area contributed by atoms with Gasteiger partial charge in [-0.3, -0.25) is 4.57 Å². The van der Waals surface area contributed by atoms with E-state index in [1.807, 2.05) is 0 Å². The highest BCUT2D eigenvalue weighted by molar-refractivity contribution is 7.51. The van der Waals surface area contributed by atoms with Crippen LogP contribution in [0, 0.1) is 0 Å². The number of aliphatic hydroxyl groups is 3. The second-order valence-electron chi connectivity index (χ2n) is 7.24. The average molecular weight is 450 g/mol. The average Bonchev–Trinajstić information content (AvgIpc) is 2.62. The molecule has 1 aliphatic heterocycles. The standard InChI is InChI=1S/C17H27N2O10P/c1-8(2)18-17(24)19-10-4-3-9(7-11(10)20)28-16-15(23)14(22)13(21)12(29-16)5-6-30(25,26)27/h3-4,7-8,12-16,20-23H,5-6H2,1-2H3,(H2,18,19,24)(H2,25,26,27)/t12-,13-,14+,15+,16+/m1/s1. The summed E-state index contributed by atoms with van der Waals surface area (Å²) in [7, 11) is -4.36. The van der Waals surface area contributed by atoms with E-state index >= 15 is 0 Å². The molecule has 170 valence electrons. The number of benzene rings is 1. The number of hydrogen-bond donors (Lipinski definition) is 8. The summed E-state index contributed by atoms with van der Waals surface area (Å²) in [5.74, 6) is -0.320. The van der Waals surface area contributed by atoms with Gasteiger partial charge in [0.25, 0.3) is 0 Å². The van der Waals surface area contributed by atoms with Crippen LogP contribution in [0.3, 0.4) is 0 Å². The first-order valence-corrected chi connectivity index (χ1v) is 11.0. The first-order valence-electron chi connectivity index (χ1n) is 9.19. The molecule has 1 aromatic rings. The van der Waals surface area contributed by atoms with Crippen molar-refractivity contribution in [3.05, 3.63) is 18.2 Å². The molecule has 2 rings (SSSR count). The number of nitrogens with one attached hydrogen (secondary N) is 2. The maximum atomic E-state index is 11.7. The van der Waals surface area contributed by atoms with Crippen LogP contribution in [0.15, 0.2) is 18.2 Å². The Kier molecular flexibility index (Phi) is 8.06. The smallest absolute Gasteiger partial charge is 0.325 e. The Bertz CT molecular complexity index is 786. The van der Waals surface area contributed by atoms with Gasteiger partial charge < -0.3 is 50.3 Å². The molecule has 30 heavy (non-hydrogen) atoms. The normalized spacial score (nSPS) is 27.0. The lowest BCUT2D eigenvalue weighted by atomic mass is 9.97. The van der Waals surface area contributed by atoms with Crippen LogP contribution in [0.2, 0.25) is 0 Å². The van der Waals surface area contributed by atoms with Gasteiger partial charge in [-0.05, 0) is 32.4 Å². The fraction of sp³-hybridized carbons (Fsp3) is 0.588. The number of ether oxygens (including phenoxy) is 2. The van der Waals surface area contributed by atoms with Gasteiger partial charge >= 0.3 is 13.6 Å². The highest BCUT2D eigenvalue weighted by Gasteiger charge is 2.45. The van der Waals surface area contributed by atoms with Gasteiger partial charge in [-0.15, -0.1) is 0 Å². The van der Waals surface area contributed by atoms with Gasteiger partial charge in [-0.2, -0.15) is 0 Å².